The summed E-state index contributed by atoms with van der Waals surface area (Å²) in [6.07, 6.45) is -1.06. The summed E-state index contributed by atoms with van der Waals surface area (Å²) in [4.78, 5) is 11.4. The number of para-hydroxylation sites is 1. The van der Waals surface area contributed by atoms with Gasteiger partial charge in [0.05, 0.1) is 25.2 Å². The smallest absolute Gasteiger partial charge is 0.298 e. The van der Waals surface area contributed by atoms with Gasteiger partial charge in [-0.3, -0.25) is 4.55 Å². The lowest BCUT2D eigenvalue weighted by Crippen LogP contribution is -2.58. The molecule has 0 saturated carbocycles. The fourth-order valence-corrected chi connectivity index (χ4v) is 4.41. The minimum atomic E-state index is -4.60. The van der Waals surface area contributed by atoms with Gasteiger partial charge < -0.3 is 29.2 Å². The first-order valence-electron chi connectivity index (χ1n) is 10.7. The minimum absolute atomic E-state index is 0.111. The molecular formula is C24H28O9S. The Morgan fingerprint density at radius 1 is 1.12 bits per heavy atom. The molecule has 34 heavy (non-hydrogen) atoms. The molecule has 1 heterocycles. The molecule has 2 aromatic carbocycles. The third-order valence-corrected chi connectivity index (χ3v) is 6.26. The van der Waals surface area contributed by atoms with Crippen LogP contribution >= 0.6 is 0 Å². The van der Waals surface area contributed by atoms with Crippen molar-refractivity contribution in [2.45, 2.75) is 42.8 Å². The van der Waals surface area contributed by atoms with E-state index in [1.807, 2.05) is 36.4 Å². The number of rotatable bonds is 10. The molecule has 3 N–H and O–H groups in total. The number of ketones is 1. The predicted molar refractivity (Wildman–Crippen MR) is 123 cm³/mol. The molecule has 10 heteroatoms. The average Bonchev–Trinajstić information content (AvgIpc) is 2.80. The number of Topliss-reactive ketones (excluding diaryl/α,β-unsaturated/α-hetero) is 1. The van der Waals surface area contributed by atoms with E-state index in [1.165, 1.54) is 25.1 Å². The van der Waals surface area contributed by atoms with Gasteiger partial charge in [-0.25, -0.2) is 0 Å². The van der Waals surface area contributed by atoms with Gasteiger partial charge in [-0.2, -0.15) is 8.42 Å². The quantitative estimate of drug-likeness (QED) is 0.425. The summed E-state index contributed by atoms with van der Waals surface area (Å²) in [6.45, 7) is 0.934. The Morgan fingerprint density at radius 3 is 2.44 bits per heavy atom. The van der Waals surface area contributed by atoms with E-state index in [2.05, 4.69) is 0 Å². The first-order chi connectivity index (χ1) is 16.2. The number of aliphatic hydroxyl groups excluding tert-OH is 2. The van der Waals surface area contributed by atoms with Crippen LogP contribution in [-0.4, -0.2) is 66.8 Å². The number of ether oxygens (including phenoxy) is 3. The van der Waals surface area contributed by atoms with Crippen molar-refractivity contribution >= 4 is 22.0 Å². The summed E-state index contributed by atoms with van der Waals surface area (Å²) in [5, 5.41) is 20.9. The van der Waals surface area contributed by atoms with Crippen LogP contribution in [0.4, 0.5) is 0 Å². The van der Waals surface area contributed by atoms with Gasteiger partial charge in [0, 0.05) is 6.42 Å². The monoisotopic (exact) mass is 492 g/mol. The van der Waals surface area contributed by atoms with E-state index in [-0.39, 0.29) is 24.6 Å². The molecule has 1 fully saturated rings. The SMILES string of the molecule is CC(=O)CC1C(Oc2ccccc2S(=O)(=O)O)OC(CO)C(OCC=Cc2ccccc2)C1O. The van der Waals surface area contributed by atoms with Gasteiger partial charge in [-0.15, -0.1) is 0 Å². The maximum absolute atomic E-state index is 11.9. The lowest BCUT2D eigenvalue weighted by atomic mass is 9.87. The second kappa shape index (κ2) is 11.7. The lowest BCUT2D eigenvalue weighted by Gasteiger charge is -2.43. The van der Waals surface area contributed by atoms with Crippen molar-refractivity contribution in [3.8, 4) is 5.75 Å². The molecule has 0 bridgehead atoms. The van der Waals surface area contributed by atoms with E-state index in [0.29, 0.717) is 0 Å². The van der Waals surface area contributed by atoms with Crippen LogP contribution in [-0.2, 0) is 24.4 Å². The van der Waals surface area contributed by atoms with Gasteiger partial charge in [0.15, 0.2) is 0 Å². The summed E-state index contributed by atoms with van der Waals surface area (Å²) in [5.74, 6) is -1.38. The predicted octanol–water partition coefficient (Wildman–Crippen LogP) is 2.08. The van der Waals surface area contributed by atoms with Crippen molar-refractivity contribution < 1.29 is 42.2 Å². The zero-order valence-corrected chi connectivity index (χ0v) is 19.4. The third-order valence-electron chi connectivity index (χ3n) is 5.37. The lowest BCUT2D eigenvalue weighted by molar-refractivity contribution is -0.268. The van der Waals surface area contributed by atoms with Crippen LogP contribution in [0.2, 0.25) is 0 Å². The Hall–Kier alpha value is -2.60. The van der Waals surface area contributed by atoms with Crippen molar-refractivity contribution in [3.05, 3.63) is 66.2 Å². The molecule has 2 aromatic rings. The van der Waals surface area contributed by atoms with Crippen LogP contribution in [0.15, 0.2) is 65.6 Å². The van der Waals surface area contributed by atoms with Gasteiger partial charge in [0.2, 0.25) is 6.29 Å². The topological polar surface area (TPSA) is 140 Å². The van der Waals surface area contributed by atoms with Crippen molar-refractivity contribution in [3.63, 3.8) is 0 Å². The first kappa shape index (κ1) is 26.0. The molecule has 5 atom stereocenters. The second-order valence-electron chi connectivity index (χ2n) is 7.94. The van der Waals surface area contributed by atoms with E-state index >= 15 is 0 Å². The number of aliphatic hydroxyl groups is 2. The van der Waals surface area contributed by atoms with Gasteiger partial charge in [0.1, 0.15) is 28.6 Å². The van der Waals surface area contributed by atoms with E-state index < -0.39 is 52.1 Å². The highest BCUT2D eigenvalue weighted by Gasteiger charge is 2.47. The maximum atomic E-state index is 11.9. The zero-order chi connectivity index (χ0) is 24.7. The molecule has 9 nitrogen and oxygen atoms in total. The molecule has 3 rings (SSSR count). The van der Waals surface area contributed by atoms with E-state index in [1.54, 1.807) is 6.08 Å². The molecule has 1 saturated heterocycles. The highest BCUT2D eigenvalue weighted by molar-refractivity contribution is 7.86. The number of hydrogen-bond acceptors (Lipinski definition) is 8. The molecular weight excluding hydrogens is 464 g/mol. The van der Waals surface area contributed by atoms with Crippen LogP contribution in [0.5, 0.6) is 5.75 Å². The largest absolute Gasteiger partial charge is 0.463 e. The first-order valence-corrected chi connectivity index (χ1v) is 12.1. The van der Waals surface area contributed by atoms with Crippen molar-refractivity contribution in [2.75, 3.05) is 13.2 Å². The van der Waals surface area contributed by atoms with Gasteiger partial charge >= 0.3 is 0 Å². The number of carbonyl (C=O) groups excluding carboxylic acids is 1. The summed E-state index contributed by atoms with van der Waals surface area (Å²) in [5.41, 5.74) is 0.964. The number of benzene rings is 2. The Bertz CT molecular complexity index is 1080. The molecule has 0 aromatic heterocycles. The summed E-state index contributed by atoms with van der Waals surface area (Å²) < 4.78 is 50.2. The third kappa shape index (κ3) is 6.72. The van der Waals surface area contributed by atoms with E-state index in [4.69, 9.17) is 14.2 Å². The Kier molecular flexibility index (Phi) is 8.95. The normalized spacial score (nSPS) is 25.4. The molecule has 5 unspecified atom stereocenters. The Balaban J connectivity index is 1.78. The molecule has 0 radical (unpaired) electrons. The van der Waals surface area contributed by atoms with Gasteiger partial charge in [0.25, 0.3) is 10.1 Å². The minimum Gasteiger partial charge on any atom is -0.463 e. The van der Waals surface area contributed by atoms with E-state index in [9.17, 15) is 28.0 Å². The van der Waals surface area contributed by atoms with Crippen LogP contribution in [0.25, 0.3) is 6.08 Å². The van der Waals surface area contributed by atoms with Crippen molar-refractivity contribution in [1.82, 2.24) is 0 Å². The number of carbonyl (C=O) groups is 1. The van der Waals surface area contributed by atoms with Gasteiger partial charge in [-0.05, 0) is 24.6 Å². The molecule has 0 spiro atoms. The van der Waals surface area contributed by atoms with Crippen molar-refractivity contribution in [2.24, 2.45) is 5.92 Å². The molecule has 1 aliphatic rings. The standard InChI is InChI=1S/C24H28O9S/c1-16(26)14-18-22(27)23(31-13-7-10-17-8-3-2-4-9-17)20(15-25)33-24(18)32-19-11-5-6-12-21(19)34(28,29)30/h2-12,18,20,22-25,27H,13-15H2,1H3,(H,28,29,30). The fourth-order valence-electron chi connectivity index (χ4n) is 3.79. The molecule has 1 aliphatic heterocycles. The molecule has 184 valence electrons. The number of hydrogen-bond donors (Lipinski definition) is 3. The van der Waals surface area contributed by atoms with Crippen molar-refractivity contribution in [1.29, 1.82) is 0 Å². The fraction of sp³-hybridized carbons (Fsp3) is 0.375. The summed E-state index contributed by atoms with van der Waals surface area (Å²) in [7, 11) is -4.60. The Morgan fingerprint density at radius 2 is 1.79 bits per heavy atom. The van der Waals surface area contributed by atoms with Crippen LogP contribution < -0.4 is 4.74 Å². The maximum Gasteiger partial charge on any atom is 0.298 e. The van der Waals surface area contributed by atoms with Crippen LogP contribution in [0.1, 0.15) is 18.9 Å². The van der Waals surface area contributed by atoms with Crippen LogP contribution in [0, 0.1) is 5.92 Å². The summed E-state index contributed by atoms with van der Waals surface area (Å²) >= 11 is 0. The second-order valence-corrected chi connectivity index (χ2v) is 9.33. The molecule has 0 amide bonds. The zero-order valence-electron chi connectivity index (χ0n) is 18.6. The highest BCUT2D eigenvalue weighted by Crippen LogP contribution is 2.34. The Labute approximate surface area is 198 Å². The van der Waals surface area contributed by atoms with E-state index in [0.717, 1.165) is 11.6 Å². The van der Waals surface area contributed by atoms with Crippen LogP contribution in [0.3, 0.4) is 0 Å². The van der Waals surface area contributed by atoms with Gasteiger partial charge in [-0.1, -0.05) is 54.6 Å². The highest BCUT2D eigenvalue weighted by atomic mass is 32.2. The molecule has 0 aliphatic carbocycles. The summed E-state index contributed by atoms with van der Waals surface area (Å²) in [6, 6.07) is 14.9. The average molecular weight is 493 g/mol.